The topological polar surface area (TPSA) is 118 Å². The third-order valence-corrected chi connectivity index (χ3v) is 6.55. The average molecular weight is 555 g/mol. The van der Waals surface area contributed by atoms with Crippen molar-refractivity contribution in [2.45, 2.75) is 5.60 Å². The Kier molecular flexibility index (Phi) is 7.11. The minimum absolute atomic E-state index is 0.161. The Morgan fingerprint density at radius 1 is 1.06 bits per heavy atom. The predicted molar refractivity (Wildman–Crippen MR) is 135 cm³/mol. The first-order valence-electron chi connectivity index (χ1n) is 10.2. The van der Waals surface area contributed by atoms with E-state index in [0.29, 0.717) is 22.5 Å². The summed E-state index contributed by atoms with van der Waals surface area (Å²) in [6.45, 7) is 0. The third-order valence-electron chi connectivity index (χ3n) is 5.19. The Bertz CT molecular complexity index is 1370. The number of halogens is 2. The Balaban J connectivity index is 1.56. The minimum atomic E-state index is -1.97. The van der Waals surface area contributed by atoms with Crippen LogP contribution in [0.15, 0.2) is 98.9 Å². The molecule has 10 heteroatoms. The second-order valence-corrected chi connectivity index (χ2v) is 8.59. The number of amides is 1. The summed E-state index contributed by atoms with van der Waals surface area (Å²) in [5.74, 6) is -0.168. The van der Waals surface area contributed by atoms with E-state index >= 15 is 0 Å². The molecule has 2 N–H and O–H groups in total. The first-order valence-corrected chi connectivity index (χ1v) is 11.4. The van der Waals surface area contributed by atoms with E-state index in [4.69, 9.17) is 16.0 Å². The van der Waals surface area contributed by atoms with E-state index in [-0.39, 0.29) is 20.9 Å². The standard InChI is InChI=1S/C25H17BrClN3O5/c26-23-20(27)13-16(14-21(23)30(33)34)22-12-11-19(35-22)15-28-29-24(31)25(32,17-7-3-1-4-8-17)18-9-5-2-6-10-18/h1-15,32H,(H,29,31)/b28-15+. The molecule has 0 atom stereocenters. The number of hydrogen-bond donors (Lipinski definition) is 2. The number of nitrogens with zero attached hydrogens (tertiary/aromatic N) is 2. The first kappa shape index (κ1) is 24.3. The molecule has 0 aliphatic rings. The summed E-state index contributed by atoms with van der Waals surface area (Å²) in [5, 5.41) is 26.8. The maximum absolute atomic E-state index is 13.1. The van der Waals surface area contributed by atoms with Crippen LogP contribution in [0.2, 0.25) is 5.02 Å². The zero-order valence-electron chi connectivity index (χ0n) is 17.9. The van der Waals surface area contributed by atoms with Gasteiger partial charge >= 0.3 is 0 Å². The molecule has 0 unspecified atom stereocenters. The van der Waals surface area contributed by atoms with Crippen LogP contribution in [0.4, 0.5) is 5.69 Å². The molecule has 176 valence electrons. The number of nitro benzene ring substituents is 1. The molecule has 1 aromatic heterocycles. The van der Waals surface area contributed by atoms with E-state index in [9.17, 15) is 20.0 Å². The predicted octanol–water partition coefficient (Wildman–Crippen LogP) is 5.66. The normalized spacial score (nSPS) is 11.5. The van der Waals surface area contributed by atoms with Crippen LogP contribution in [-0.4, -0.2) is 22.2 Å². The molecule has 4 rings (SSSR count). The molecule has 0 aliphatic carbocycles. The van der Waals surface area contributed by atoms with Gasteiger partial charge in [0.25, 0.3) is 11.6 Å². The number of aliphatic hydroxyl groups is 1. The number of nitro groups is 1. The summed E-state index contributed by atoms with van der Waals surface area (Å²) >= 11 is 9.20. The van der Waals surface area contributed by atoms with Crippen molar-refractivity contribution >= 4 is 45.3 Å². The van der Waals surface area contributed by atoms with Gasteiger partial charge in [-0.25, -0.2) is 5.43 Å². The zero-order chi connectivity index (χ0) is 25.0. The summed E-state index contributed by atoms with van der Waals surface area (Å²) in [4.78, 5) is 23.8. The van der Waals surface area contributed by atoms with Crippen LogP contribution in [0, 0.1) is 10.1 Å². The summed E-state index contributed by atoms with van der Waals surface area (Å²) in [7, 11) is 0. The fourth-order valence-electron chi connectivity index (χ4n) is 3.45. The number of nitrogens with one attached hydrogen (secondary N) is 1. The zero-order valence-corrected chi connectivity index (χ0v) is 20.2. The lowest BCUT2D eigenvalue weighted by Gasteiger charge is -2.26. The molecule has 1 amide bonds. The van der Waals surface area contributed by atoms with Gasteiger partial charge in [0.2, 0.25) is 0 Å². The molecule has 0 bridgehead atoms. The number of carbonyl (C=O) groups is 1. The van der Waals surface area contributed by atoms with Gasteiger partial charge in [0.15, 0.2) is 5.60 Å². The summed E-state index contributed by atoms with van der Waals surface area (Å²) in [6, 6.07) is 23.1. The quantitative estimate of drug-likeness (QED) is 0.174. The Morgan fingerprint density at radius 2 is 1.66 bits per heavy atom. The molecule has 4 aromatic rings. The fraction of sp³-hybridized carbons (Fsp3) is 0.0400. The highest BCUT2D eigenvalue weighted by molar-refractivity contribution is 9.10. The summed E-state index contributed by atoms with van der Waals surface area (Å²) < 4.78 is 5.85. The fourth-order valence-corrected chi connectivity index (χ4v) is 4.04. The van der Waals surface area contributed by atoms with Gasteiger partial charge < -0.3 is 9.52 Å². The number of hydrogen-bond acceptors (Lipinski definition) is 6. The molecular formula is C25H17BrClN3O5. The maximum atomic E-state index is 13.1. The van der Waals surface area contributed by atoms with Crippen molar-refractivity contribution in [3.05, 3.63) is 121 Å². The monoisotopic (exact) mass is 553 g/mol. The number of hydrazone groups is 1. The molecule has 8 nitrogen and oxygen atoms in total. The number of carbonyl (C=O) groups excluding carboxylic acids is 1. The number of furan rings is 1. The van der Waals surface area contributed by atoms with Gasteiger partial charge in [-0.05, 0) is 45.3 Å². The highest BCUT2D eigenvalue weighted by Gasteiger charge is 2.39. The van der Waals surface area contributed by atoms with Crippen LogP contribution in [0.25, 0.3) is 11.3 Å². The van der Waals surface area contributed by atoms with Gasteiger partial charge in [-0.2, -0.15) is 5.10 Å². The molecule has 0 aliphatic heterocycles. The maximum Gasteiger partial charge on any atom is 0.285 e. The van der Waals surface area contributed by atoms with Crippen molar-refractivity contribution in [3.63, 3.8) is 0 Å². The van der Waals surface area contributed by atoms with Gasteiger partial charge in [-0.1, -0.05) is 72.3 Å². The molecule has 3 aromatic carbocycles. The molecular weight excluding hydrogens is 538 g/mol. The van der Waals surface area contributed by atoms with Crippen molar-refractivity contribution in [1.82, 2.24) is 5.43 Å². The molecule has 0 fully saturated rings. The van der Waals surface area contributed by atoms with Crippen LogP contribution in [-0.2, 0) is 10.4 Å². The molecule has 0 saturated carbocycles. The lowest BCUT2D eigenvalue weighted by Crippen LogP contribution is -2.43. The largest absolute Gasteiger partial charge is 0.455 e. The van der Waals surface area contributed by atoms with Gasteiger partial charge in [-0.15, -0.1) is 0 Å². The summed E-state index contributed by atoms with van der Waals surface area (Å²) in [6.07, 6.45) is 1.26. The Morgan fingerprint density at radius 3 is 2.23 bits per heavy atom. The van der Waals surface area contributed by atoms with Crippen molar-refractivity contribution in [2.75, 3.05) is 0 Å². The number of rotatable bonds is 7. The molecule has 1 heterocycles. The third kappa shape index (κ3) is 5.02. The molecule has 35 heavy (non-hydrogen) atoms. The first-order chi connectivity index (χ1) is 16.8. The SMILES string of the molecule is O=C(N/N=C/c1ccc(-c2cc(Cl)c(Br)c([N+](=O)[O-])c2)o1)C(O)(c1ccccc1)c1ccccc1. The highest BCUT2D eigenvalue weighted by Crippen LogP contribution is 2.37. The number of benzene rings is 3. The lowest BCUT2D eigenvalue weighted by molar-refractivity contribution is -0.385. The van der Waals surface area contributed by atoms with E-state index in [1.54, 1.807) is 72.8 Å². The van der Waals surface area contributed by atoms with Gasteiger partial charge in [0.05, 0.1) is 16.2 Å². The van der Waals surface area contributed by atoms with E-state index < -0.39 is 16.4 Å². The Hall–Kier alpha value is -3.79. The van der Waals surface area contributed by atoms with Crippen LogP contribution >= 0.6 is 27.5 Å². The van der Waals surface area contributed by atoms with Crippen LogP contribution in [0.1, 0.15) is 16.9 Å². The summed E-state index contributed by atoms with van der Waals surface area (Å²) in [5.41, 5.74) is 1.35. The second-order valence-electron chi connectivity index (χ2n) is 7.39. The van der Waals surface area contributed by atoms with Crippen molar-refractivity contribution in [3.8, 4) is 11.3 Å². The molecule has 0 radical (unpaired) electrons. The van der Waals surface area contributed by atoms with Crippen LogP contribution < -0.4 is 5.43 Å². The highest BCUT2D eigenvalue weighted by atomic mass is 79.9. The van der Waals surface area contributed by atoms with E-state index in [2.05, 4.69) is 26.5 Å². The van der Waals surface area contributed by atoms with Crippen molar-refractivity contribution < 1.29 is 19.2 Å². The molecule has 0 spiro atoms. The lowest BCUT2D eigenvalue weighted by atomic mass is 9.85. The van der Waals surface area contributed by atoms with E-state index in [1.807, 2.05) is 0 Å². The second kappa shape index (κ2) is 10.2. The van der Waals surface area contributed by atoms with Gasteiger partial charge in [0, 0.05) is 11.6 Å². The van der Waals surface area contributed by atoms with E-state index in [0.717, 1.165) is 0 Å². The van der Waals surface area contributed by atoms with Gasteiger partial charge in [-0.3, -0.25) is 14.9 Å². The average Bonchev–Trinajstić information content (AvgIpc) is 3.35. The van der Waals surface area contributed by atoms with Crippen molar-refractivity contribution in [2.24, 2.45) is 5.10 Å². The van der Waals surface area contributed by atoms with Crippen molar-refractivity contribution in [1.29, 1.82) is 0 Å². The van der Waals surface area contributed by atoms with Crippen LogP contribution in [0.3, 0.4) is 0 Å². The van der Waals surface area contributed by atoms with E-state index in [1.165, 1.54) is 18.3 Å². The minimum Gasteiger partial charge on any atom is -0.455 e. The Labute approximate surface area is 213 Å². The smallest absolute Gasteiger partial charge is 0.285 e. The van der Waals surface area contributed by atoms with Crippen LogP contribution in [0.5, 0.6) is 0 Å². The van der Waals surface area contributed by atoms with Gasteiger partial charge in [0.1, 0.15) is 16.0 Å². The molecule has 0 saturated heterocycles.